The van der Waals surface area contributed by atoms with Gasteiger partial charge in [0.15, 0.2) is 0 Å². The summed E-state index contributed by atoms with van der Waals surface area (Å²) in [6.07, 6.45) is 3.90. The van der Waals surface area contributed by atoms with Gasteiger partial charge in [0, 0.05) is 18.7 Å². The van der Waals surface area contributed by atoms with E-state index in [9.17, 15) is 9.59 Å². The summed E-state index contributed by atoms with van der Waals surface area (Å²) < 4.78 is 0. The molecule has 6 heteroatoms. The normalized spacial score (nSPS) is 26.0. The predicted molar refractivity (Wildman–Crippen MR) is 101 cm³/mol. The van der Waals surface area contributed by atoms with Gasteiger partial charge in [-0.1, -0.05) is 18.2 Å². The Hall–Kier alpha value is -1.59. The lowest BCUT2D eigenvalue weighted by Gasteiger charge is -2.34. The van der Waals surface area contributed by atoms with Crippen LogP contribution in [0.1, 0.15) is 43.0 Å². The summed E-state index contributed by atoms with van der Waals surface area (Å²) >= 11 is 0. The van der Waals surface area contributed by atoms with Crippen LogP contribution in [0.5, 0.6) is 0 Å². The molecule has 1 aromatic carbocycles. The van der Waals surface area contributed by atoms with E-state index < -0.39 is 5.54 Å². The fraction of sp³-hybridized carbons (Fsp3) is 0.579. The first kappa shape index (κ1) is 19.7. The summed E-state index contributed by atoms with van der Waals surface area (Å²) in [4.78, 5) is 27.4. The van der Waals surface area contributed by atoms with Crippen molar-refractivity contribution in [3.05, 3.63) is 35.9 Å². The van der Waals surface area contributed by atoms with Crippen LogP contribution in [-0.4, -0.2) is 48.4 Å². The van der Waals surface area contributed by atoms with Crippen LogP contribution in [-0.2, 0) is 4.79 Å². The zero-order valence-corrected chi connectivity index (χ0v) is 15.6. The van der Waals surface area contributed by atoms with Crippen LogP contribution in [0.2, 0.25) is 0 Å². The van der Waals surface area contributed by atoms with E-state index in [1.54, 1.807) is 4.90 Å². The number of benzene rings is 1. The number of likely N-dealkylation sites (tertiary alicyclic amines) is 1. The first-order valence-corrected chi connectivity index (χ1v) is 8.97. The summed E-state index contributed by atoms with van der Waals surface area (Å²) in [5, 5.41) is 6.47. The van der Waals surface area contributed by atoms with Crippen LogP contribution >= 0.6 is 12.4 Å². The molecule has 2 heterocycles. The SMILES string of the molecule is CC1(C(=O)NCC2CCCNC2)CCCN1C(=O)c1ccccc1.Cl. The highest BCUT2D eigenvalue weighted by molar-refractivity contribution is 5.99. The first-order valence-electron chi connectivity index (χ1n) is 8.97. The second-order valence-corrected chi connectivity index (χ2v) is 7.12. The standard InChI is InChI=1S/C19H27N3O2.ClH/c1-19(18(24)21-14-15-7-5-11-20-13-15)10-6-12-22(19)17(23)16-8-3-2-4-9-16;/h2-4,8-9,15,20H,5-7,10-14H2,1H3,(H,21,24);1H. The number of piperidine rings is 1. The number of halogens is 1. The Bertz CT molecular complexity index is 590. The summed E-state index contributed by atoms with van der Waals surface area (Å²) in [6, 6.07) is 9.23. The molecule has 2 fully saturated rings. The molecule has 0 bridgehead atoms. The summed E-state index contributed by atoms with van der Waals surface area (Å²) in [5.41, 5.74) is -0.0930. The molecular formula is C19H28ClN3O2. The van der Waals surface area contributed by atoms with Crippen LogP contribution in [0.25, 0.3) is 0 Å². The lowest BCUT2D eigenvalue weighted by atomic mass is 9.95. The van der Waals surface area contributed by atoms with E-state index in [1.165, 1.54) is 0 Å². The molecule has 2 N–H and O–H groups in total. The maximum atomic E-state index is 12.8. The average Bonchev–Trinajstić information content (AvgIpc) is 3.03. The second-order valence-electron chi connectivity index (χ2n) is 7.12. The van der Waals surface area contributed by atoms with E-state index in [1.807, 2.05) is 37.3 Å². The molecule has 2 atom stereocenters. The number of hydrogen-bond donors (Lipinski definition) is 2. The van der Waals surface area contributed by atoms with E-state index >= 15 is 0 Å². The molecule has 1 aromatic rings. The van der Waals surface area contributed by atoms with E-state index in [0.29, 0.717) is 24.6 Å². The molecule has 138 valence electrons. The van der Waals surface area contributed by atoms with Crippen LogP contribution in [0.15, 0.2) is 30.3 Å². The minimum atomic E-state index is -0.741. The monoisotopic (exact) mass is 365 g/mol. The van der Waals surface area contributed by atoms with Crippen molar-refractivity contribution in [2.24, 2.45) is 5.92 Å². The number of rotatable bonds is 4. The smallest absolute Gasteiger partial charge is 0.254 e. The van der Waals surface area contributed by atoms with Gasteiger partial charge in [0.05, 0.1) is 0 Å². The van der Waals surface area contributed by atoms with Crippen LogP contribution in [0.3, 0.4) is 0 Å². The van der Waals surface area contributed by atoms with Crippen molar-refractivity contribution in [3.8, 4) is 0 Å². The summed E-state index contributed by atoms with van der Waals surface area (Å²) in [6.45, 7) is 5.26. The summed E-state index contributed by atoms with van der Waals surface area (Å²) in [7, 11) is 0. The molecule has 2 unspecified atom stereocenters. The topological polar surface area (TPSA) is 61.4 Å². The van der Waals surface area contributed by atoms with E-state index in [4.69, 9.17) is 0 Å². The van der Waals surface area contributed by atoms with E-state index in [0.717, 1.165) is 38.8 Å². The van der Waals surface area contributed by atoms with Gasteiger partial charge < -0.3 is 15.5 Å². The summed E-state index contributed by atoms with van der Waals surface area (Å²) in [5.74, 6) is 0.422. The average molecular weight is 366 g/mol. The third kappa shape index (κ3) is 4.33. The molecule has 2 saturated heterocycles. The zero-order valence-electron chi connectivity index (χ0n) is 14.8. The van der Waals surface area contributed by atoms with Crippen molar-refractivity contribution in [2.45, 2.75) is 38.1 Å². The van der Waals surface area contributed by atoms with Gasteiger partial charge in [0.25, 0.3) is 5.91 Å². The number of nitrogens with zero attached hydrogens (tertiary/aromatic N) is 1. The van der Waals surface area contributed by atoms with E-state index in [-0.39, 0.29) is 24.2 Å². The van der Waals surface area contributed by atoms with E-state index in [2.05, 4.69) is 10.6 Å². The molecule has 0 radical (unpaired) electrons. The maximum Gasteiger partial charge on any atom is 0.254 e. The largest absolute Gasteiger partial charge is 0.354 e. The number of nitrogens with one attached hydrogen (secondary N) is 2. The molecule has 5 nitrogen and oxygen atoms in total. The third-order valence-corrected chi connectivity index (χ3v) is 5.35. The van der Waals surface area contributed by atoms with Gasteiger partial charge in [0.2, 0.25) is 5.91 Å². The number of carbonyl (C=O) groups excluding carboxylic acids is 2. The minimum Gasteiger partial charge on any atom is -0.354 e. The molecule has 0 saturated carbocycles. The Morgan fingerprint density at radius 2 is 2.04 bits per heavy atom. The molecule has 0 spiro atoms. The van der Waals surface area contributed by atoms with Crippen molar-refractivity contribution < 1.29 is 9.59 Å². The lowest BCUT2D eigenvalue weighted by Crippen LogP contribution is -2.56. The Morgan fingerprint density at radius 3 is 2.72 bits per heavy atom. The van der Waals surface area contributed by atoms with Gasteiger partial charge in [-0.05, 0) is 63.7 Å². The highest BCUT2D eigenvalue weighted by Crippen LogP contribution is 2.31. The van der Waals surface area contributed by atoms with Crippen molar-refractivity contribution in [1.29, 1.82) is 0 Å². The Kier molecular flexibility index (Phi) is 6.85. The minimum absolute atomic E-state index is 0. The number of amides is 2. The predicted octanol–water partition coefficient (Wildman–Crippen LogP) is 2.22. The Labute approximate surface area is 155 Å². The van der Waals surface area contributed by atoms with Crippen molar-refractivity contribution >= 4 is 24.2 Å². The molecule has 0 aromatic heterocycles. The van der Waals surface area contributed by atoms with Gasteiger partial charge in [-0.2, -0.15) is 0 Å². The van der Waals surface area contributed by atoms with Gasteiger partial charge in [0.1, 0.15) is 5.54 Å². The maximum absolute atomic E-state index is 12.8. The fourth-order valence-electron chi connectivity index (χ4n) is 3.79. The van der Waals surface area contributed by atoms with Crippen LogP contribution < -0.4 is 10.6 Å². The zero-order chi connectivity index (χ0) is 17.0. The Morgan fingerprint density at radius 1 is 1.28 bits per heavy atom. The molecule has 2 aliphatic rings. The Balaban J connectivity index is 0.00000225. The fourth-order valence-corrected chi connectivity index (χ4v) is 3.79. The highest BCUT2D eigenvalue weighted by Gasteiger charge is 2.45. The lowest BCUT2D eigenvalue weighted by molar-refractivity contribution is -0.130. The van der Waals surface area contributed by atoms with Crippen LogP contribution in [0, 0.1) is 5.92 Å². The quantitative estimate of drug-likeness (QED) is 0.860. The third-order valence-electron chi connectivity index (χ3n) is 5.35. The van der Waals surface area contributed by atoms with Crippen molar-refractivity contribution in [2.75, 3.05) is 26.2 Å². The highest BCUT2D eigenvalue weighted by atomic mass is 35.5. The van der Waals surface area contributed by atoms with Crippen LogP contribution in [0.4, 0.5) is 0 Å². The molecule has 0 aliphatic carbocycles. The van der Waals surface area contributed by atoms with Gasteiger partial charge >= 0.3 is 0 Å². The van der Waals surface area contributed by atoms with Gasteiger partial charge in [-0.15, -0.1) is 12.4 Å². The second kappa shape index (κ2) is 8.68. The first-order chi connectivity index (χ1) is 11.6. The number of carbonyl (C=O) groups is 2. The molecule has 25 heavy (non-hydrogen) atoms. The van der Waals surface area contributed by atoms with Crippen molar-refractivity contribution in [3.63, 3.8) is 0 Å². The molecule has 2 aliphatic heterocycles. The van der Waals surface area contributed by atoms with Crippen molar-refractivity contribution in [1.82, 2.24) is 15.5 Å². The molecule has 2 amide bonds. The number of hydrogen-bond acceptors (Lipinski definition) is 3. The molecule has 3 rings (SSSR count). The molecular weight excluding hydrogens is 338 g/mol. The van der Waals surface area contributed by atoms with Gasteiger partial charge in [-0.3, -0.25) is 9.59 Å². The van der Waals surface area contributed by atoms with Gasteiger partial charge in [-0.25, -0.2) is 0 Å².